The Morgan fingerprint density at radius 3 is 2.57 bits per heavy atom. The molecule has 1 amide bonds. The van der Waals surface area contributed by atoms with E-state index in [2.05, 4.69) is 4.98 Å². The molecule has 3 N–H and O–H groups in total. The monoisotopic (exact) mass is 406 g/mol. The molecule has 0 aliphatic carbocycles. The number of carbonyl (C=O) groups excluding carboxylic acids is 2. The van der Waals surface area contributed by atoms with Crippen molar-refractivity contribution in [1.82, 2.24) is 9.88 Å². The van der Waals surface area contributed by atoms with E-state index in [-0.39, 0.29) is 17.1 Å². The Balaban J connectivity index is 1.66. The number of aromatic amines is 1. The first-order chi connectivity index (χ1) is 14.4. The molecule has 1 aromatic heterocycles. The number of hydrogen-bond acceptors (Lipinski definition) is 5. The predicted molar refractivity (Wildman–Crippen MR) is 111 cm³/mol. The molecule has 0 bridgehead atoms. The van der Waals surface area contributed by atoms with Crippen molar-refractivity contribution in [3.05, 3.63) is 71.1 Å². The number of amides is 1. The summed E-state index contributed by atoms with van der Waals surface area (Å²) in [6.45, 7) is 1.64. The highest BCUT2D eigenvalue weighted by Gasteiger charge is 2.42. The molecule has 1 unspecified atom stereocenters. The zero-order valence-corrected chi connectivity index (χ0v) is 16.7. The molecule has 0 fully saturated rings. The normalized spacial score (nSPS) is 16.5. The van der Waals surface area contributed by atoms with Gasteiger partial charge in [-0.3, -0.25) is 9.59 Å². The van der Waals surface area contributed by atoms with E-state index in [9.17, 15) is 19.8 Å². The van der Waals surface area contributed by atoms with Crippen LogP contribution in [0.1, 0.15) is 24.1 Å². The first-order valence-corrected chi connectivity index (χ1v) is 9.58. The van der Waals surface area contributed by atoms with Gasteiger partial charge in [-0.2, -0.15) is 0 Å². The Morgan fingerprint density at radius 1 is 1.17 bits per heavy atom. The predicted octanol–water partition coefficient (Wildman–Crippen LogP) is 3.41. The zero-order chi connectivity index (χ0) is 21.4. The van der Waals surface area contributed by atoms with Gasteiger partial charge < -0.3 is 24.8 Å². The second-order valence-corrected chi connectivity index (χ2v) is 7.29. The summed E-state index contributed by atoms with van der Waals surface area (Å²) < 4.78 is 5.30. The molecule has 0 spiro atoms. The number of hydrogen-bond donors (Lipinski definition) is 3. The van der Waals surface area contributed by atoms with Gasteiger partial charge in [0.05, 0.1) is 18.7 Å². The van der Waals surface area contributed by atoms with Crippen molar-refractivity contribution in [3.8, 4) is 11.5 Å². The number of aliphatic hydroxyl groups excluding tert-OH is 1. The number of aliphatic hydroxyl groups is 1. The molecule has 7 heteroatoms. The van der Waals surface area contributed by atoms with E-state index < -0.39 is 17.7 Å². The topological polar surface area (TPSA) is 103 Å². The Kier molecular flexibility index (Phi) is 4.95. The van der Waals surface area contributed by atoms with E-state index >= 15 is 0 Å². The Morgan fingerprint density at radius 2 is 1.90 bits per heavy atom. The van der Waals surface area contributed by atoms with E-state index in [1.54, 1.807) is 19.2 Å². The zero-order valence-electron chi connectivity index (χ0n) is 16.7. The van der Waals surface area contributed by atoms with Crippen molar-refractivity contribution >= 4 is 22.6 Å². The minimum Gasteiger partial charge on any atom is -0.508 e. The fourth-order valence-corrected chi connectivity index (χ4v) is 3.98. The molecule has 0 radical (unpaired) electrons. The highest BCUT2D eigenvalue weighted by Crippen LogP contribution is 2.38. The van der Waals surface area contributed by atoms with Gasteiger partial charge in [0.2, 0.25) is 0 Å². The fourth-order valence-electron chi connectivity index (χ4n) is 3.98. The number of H-pyrrole nitrogens is 1. The van der Waals surface area contributed by atoms with Crippen LogP contribution >= 0.6 is 0 Å². The van der Waals surface area contributed by atoms with Crippen LogP contribution in [-0.4, -0.2) is 45.4 Å². The van der Waals surface area contributed by atoms with Gasteiger partial charge in [-0.1, -0.05) is 12.1 Å². The van der Waals surface area contributed by atoms with Crippen LogP contribution in [-0.2, 0) is 16.0 Å². The molecule has 2 aromatic carbocycles. The summed E-state index contributed by atoms with van der Waals surface area (Å²) in [5.41, 5.74) is 2.68. The van der Waals surface area contributed by atoms with Crippen LogP contribution in [0.2, 0.25) is 0 Å². The van der Waals surface area contributed by atoms with E-state index in [1.807, 2.05) is 24.4 Å². The van der Waals surface area contributed by atoms with Crippen molar-refractivity contribution in [3.63, 3.8) is 0 Å². The van der Waals surface area contributed by atoms with Gasteiger partial charge in [-0.15, -0.1) is 0 Å². The highest BCUT2D eigenvalue weighted by atomic mass is 16.5. The lowest BCUT2D eigenvalue weighted by molar-refractivity contribution is -0.129. The molecule has 1 aliphatic heterocycles. The number of rotatable bonds is 6. The molecule has 1 atom stereocenters. The number of benzene rings is 2. The summed E-state index contributed by atoms with van der Waals surface area (Å²) >= 11 is 0. The molecule has 1 aliphatic rings. The number of fused-ring (bicyclic) bond motifs is 1. The van der Waals surface area contributed by atoms with Crippen LogP contribution in [0.5, 0.6) is 11.5 Å². The summed E-state index contributed by atoms with van der Waals surface area (Å²) in [6.07, 6.45) is 2.41. The molecular formula is C23H22N2O5. The Bertz CT molecular complexity index is 1160. The highest BCUT2D eigenvalue weighted by molar-refractivity contribution is 6.08. The first kappa shape index (κ1) is 19.6. The van der Waals surface area contributed by atoms with Crippen LogP contribution < -0.4 is 4.74 Å². The summed E-state index contributed by atoms with van der Waals surface area (Å²) in [6, 6.07) is 11.3. The molecule has 30 heavy (non-hydrogen) atoms. The van der Waals surface area contributed by atoms with Gasteiger partial charge in [0, 0.05) is 23.6 Å². The number of nitrogens with zero attached hydrogens (tertiary/aromatic N) is 1. The average Bonchev–Trinajstić information content (AvgIpc) is 3.25. The Labute approximate surface area is 173 Å². The van der Waals surface area contributed by atoms with Gasteiger partial charge in [-0.05, 0) is 54.8 Å². The van der Waals surface area contributed by atoms with Crippen LogP contribution in [0.3, 0.4) is 0 Å². The smallest absolute Gasteiger partial charge is 0.290 e. The van der Waals surface area contributed by atoms with Crippen molar-refractivity contribution in [1.29, 1.82) is 0 Å². The summed E-state index contributed by atoms with van der Waals surface area (Å²) in [4.78, 5) is 29.7. The number of aromatic nitrogens is 1. The van der Waals surface area contributed by atoms with E-state index in [4.69, 9.17) is 4.74 Å². The van der Waals surface area contributed by atoms with Crippen LogP contribution in [0.25, 0.3) is 10.9 Å². The number of nitrogens with one attached hydrogen (secondary N) is 1. The third-order valence-corrected chi connectivity index (χ3v) is 5.49. The van der Waals surface area contributed by atoms with Crippen LogP contribution in [0.15, 0.2) is 60.0 Å². The van der Waals surface area contributed by atoms with Gasteiger partial charge in [-0.25, -0.2) is 0 Å². The van der Waals surface area contributed by atoms with Crippen LogP contribution in [0.4, 0.5) is 0 Å². The van der Waals surface area contributed by atoms with Gasteiger partial charge >= 0.3 is 0 Å². The van der Waals surface area contributed by atoms with E-state index in [0.717, 1.165) is 22.2 Å². The third kappa shape index (κ3) is 3.28. The van der Waals surface area contributed by atoms with Crippen molar-refractivity contribution in [2.24, 2.45) is 0 Å². The number of carbonyl (C=O) groups is 2. The standard InChI is InChI=1S/C23H22N2O5/c1-13(26)20-21(14-3-5-16(27)6-4-14)25(23(29)22(20)28)10-9-15-12-24-19-8-7-17(30-2)11-18(15)19/h3-8,11-12,21,24,27-28H,9-10H2,1-2H3. The van der Waals surface area contributed by atoms with Crippen molar-refractivity contribution in [2.75, 3.05) is 13.7 Å². The maximum absolute atomic E-state index is 12.8. The number of ketones is 1. The number of methoxy groups -OCH3 is 1. The molecule has 154 valence electrons. The van der Waals surface area contributed by atoms with Gasteiger partial charge in [0.1, 0.15) is 11.5 Å². The second-order valence-electron chi connectivity index (χ2n) is 7.29. The molecule has 2 heterocycles. The maximum atomic E-state index is 12.8. The SMILES string of the molecule is COc1ccc2[nH]cc(CCN3C(=O)C(O)=C(C(C)=O)C3c3ccc(O)cc3)c2c1. The van der Waals surface area contributed by atoms with Crippen molar-refractivity contribution in [2.45, 2.75) is 19.4 Å². The van der Waals surface area contributed by atoms with Crippen molar-refractivity contribution < 1.29 is 24.5 Å². The fraction of sp³-hybridized carbons (Fsp3) is 0.217. The number of aromatic hydroxyl groups is 1. The number of ether oxygens (including phenoxy) is 1. The number of phenolic OH excluding ortho intramolecular Hbond substituents is 1. The largest absolute Gasteiger partial charge is 0.508 e. The number of Topliss-reactive ketones (excluding diaryl/α,β-unsaturated/α-hetero) is 1. The molecule has 0 saturated heterocycles. The molecule has 0 saturated carbocycles. The lowest BCUT2D eigenvalue weighted by atomic mass is 9.96. The minimum atomic E-state index is -0.699. The first-order valence-electron chi connectivity index (χ1n) is 9.58. The maximum Gasteiger partial charge on any atom is 0.290 e. The third-order valence-electron chi connectivity index (χ3n) is 5.49. The summed E-state index contributed by atoms with van der Waals surface area (Å²) in [5.74, 6) is -0.629. The second kappa shape index (κ2) is 7.59. The number of phenols is 1. The average molecular weight is 406 g/mol. The van der Waals surface area contributed by atoms with Crippen LogP contribution in [0, 0.1) is 0 Å². The molecule has 3 aromatic rings. The molecule has 4 rings (SSSR count). The quantitative estimate of drug-likeness (QED) is 0.582. The lowest BCUT2D eigenvalue weighted by Crippen LogP contribution is -2.32. The van der Waals surface area contributed by atoms with Gasteiger partial charge in [0.15, 0.2) is 11.5 Å². The molecular weight excluding hydrogens is 384 g/mol. The summed E-state index contributed by atoms with van der Waals surface area (Å²) in [5, 5.41) is 21.0. The lowest BCUT2D eigenvalue weighted by Gasteiger charge is -2.26. The van der Waals surface area contributed by atoms with Gasteiger partial charge in [0.25, 0.3) is 5.91 Å². The minimum absolute atomic E-state index is 0.0753. The van der Waals surface area contributed by atoms with E-state index in [0.29, 0.717) is 18.5 Å². The van der Waals surface area contributed by atoms with E-state index in [1.165, 1.54) is 24.0 Å². The Hall–Kier alpha value is -3.74. The summed E-state index contributed by atoms with van der Waals surface area (Å²) in [7, 11) is 1.61. The molecule has 7 nitrogen and oxygen atoms in total.